The Hall–Kier alpha value is -4.18. The average Bonchev–Trinajstić information content (AvgIpc) is 3.20. The summed E-state index contributed by atoms with van der Waals surface area (Å²) < 4.78 is 23.6. The van der Waals surface area contributed by atoms with Crippen molar-refractivity contribution in [3.8, 4) is 17.2 Å². The van der Waals surface area contributed by atoms with Gasteiger partial charge in [0.25, 0.3) is 5.56 Å². The van der Waals surface area contributed by atoms with E-state index in [2.05, 4.69) is 4.99 Å². The molecule has 0 radical (unpaired) electrons. The molecule has 2 heterocycles. The van der Waals surface area contributed by atoms with Crippen LogP contribution in [0, 0.1) is 5.92 Å². The van der Waals surface area contributed by atoms with Gasteiger partial charge in [-0.05, 0) is 54.3 Å². The third-order valence-corrected chi connectivity index (χ3v) is 6.92. The molecule has 1 unspecified atom stereocenters. The van der Waals surface area contributed by atoms with Crippen molar-refractivity contribution in [3.63, 3.8) is 0 Å². The lowest BCUT2D eigenvalue weighted by Crippen LogP contribution is -2.40. The second-order valence-electron chi connectivity index (χ2n) is 9.35. The summed E-state index contributed by atoms with van der Waals surface area (Å²) in [6.07, 6.45) is 1.77. The summed E-state index contributed by atoms with van der Waals surface area (Å²) in [5.74, 6) is 0.246. The standard InChI is InChI=1S/C29H30N2O7S/c1-16(2)15-37-28(34)25-17(3)30-29-31(26(25)20-10-11-22(38-18(4)32)23(14-20)36-6)27(33)24(39-29)13-19-8-7-9-21(12-19)35-5/h7-14,16,26H,15H2,1-6H3/b24-13+. The van der Waals surface area contributed by atoms with Crippen LogP contribution in [-0.4, -0.2) is 37.3 Å². The number of benzene rings is 2. The first kappa shape index (κ1) is 27.8. The molecule has 0 saturated carbocycles. The van der Waals surface area contributed by atoms with Crippen molar-refractivity contribution in [2.24, 2.45) is 10.9 Å². The summed E-state index contributed by atoms with van der Waals surface area (Å²) in [6, 6.07) is 11.4. The van der Waals surface area contributed by atoms with E-state index in [0.29, 0.717) is 26.3 Å². The molecule has 204 valence electrons. The zero-order valence-corrected chi connectivity index (χ0v) is 23.5. The number of ether oxygens (including phenoxy) is 4. The molecule has 0 bridgehead atoms. The van der Waals surface area contributed by atoms with Crippen LogP contribution in [-0.2, 0) is 14.3 Å². The number of hydrogen-bond acceptors (Lipinski definition) is 9. The van der Waals surface area contributed by atoms with Crippen LogP contribution in [0.25, 0.3) is 6.08 Å². The number of carbonyl (C=O) groups excluding carboxylic acids is 2. The first-order chi connectivity index (χ1) is 18.6. The van der Waals surface area contributed by atoms with Crippen LogP contribution in [0.4, 0.5) is 0 Å². The minimum absolute atomic E-state index is 0.125. The maximum Gasteiger partial charge on any atom is 0.338 e. The van der Waals surface area contributed by atoms with E-state index in [1.165, 1.54) is 29.9 Å². The Labute approximate surface area is 229 Å². The topological polar surface area (TPSA) is 105 Å². The van der Waals surface area contributed by atoms with Crippen molar-refractivity contribution < 1.29 is 28.5 Å². The molecule has 1 aliphatic rings. The van der Waals surface area contributed by atoms with Gasteiger partial charge < -0.3 is 18.9 Å². The van der Waals surface area contributed by atoms with Crippen molar-refractivity contribution >= 4 is 29.4 Å². The molecule has 2 aromatic carbocycles. The average molecular weight is 551 g/mol. The molecule has 1 aliphatic heterocycles. The third-order valence-electron chi connectivity index (χ3n) is 5.94. The summed E-state index contributed by atoms with van der Waals surface area (Å²) in [5.41, 5.74) is 1.75. The van der Waals surface area contributed by atoms with Gasteiger partial charge in [0.15, 0.2) is 16.3 Å². The fourth-order valence-corrected chi connectivity index (χ4v) is 5.24. The molecule has 0 spiro atoms. The monoisotopic (exact) mass is 550 g/mol. The van der Waals surface area contributed by atoms with Crippen LogP contribution < -0.4 is 29.1 Å². The number of carbonyl (C=O) groups is 2. The predicted octanol–water partition coefficient (Wildman–Crippen LogP) is 3.38. The van der Waals surface area contributed by atoms with E-state index in [1.807, 2.05) is 38.1 Å². The Balaban J connectivity index is 1.92. The van der Waals surface area contributed by atoms with Crippen LogP contribution in [0.3, 0.4) is 0 Å². The van der Waals surface area contributed by atoms with E-state index in [4.69, 9.17) is 18.9 Å². The molecule has 0 fully saturated rings. The van der Waals surface area contributed by atoms with Gasteiger partial charge in [0, 0.05) is 6.92 Å². The zero-order chi connectivity index (χ0) is 28.3. The van der Waals surface area contributed by atoms with Gasteiger partial charge in [0.2, 0.25) is 0 Å². The maximum atomic E-state index is 13.8. The van der Waals surface area contributed by atoms with Gasteiger partial charge in [0.1, 0.15) is 5.75 Å². The minimum atomic E-state index is -0.839. The second kappa shape index (κ2) is 11.7. The van der Waals surface area contributed by atoms with E-state index in [1.54, 1.807) is 38.3 Å². The molecule has 0 saturated heterocycles. The normalized spacial score (nSPS) is 15.1. The number of allylic oxidation sites excluding steroid dienone is 1. The lowest BCUT2D eigenvalue weighted by Gasteiger charge is -2.25. The Morgan fingerprint density at radius 2 is 1.87 bits per heavy atom. The van der Waals surface area contributed by atoms with E-state index < -0.39 is 18.0 Å². The predicted molar refractivity (Wildman–Crippen MR) is 147 cm³/mol. The molecule has 0 amide bonds. The number of aromatic nitrogens is 1. The fraction of sp³-hybridized carbons (Fsp3) is 0.310. The maximum absolute atomic E-state index is 13.8. The van der Waals surface area contributed by atoms with Gasteiger partial charge in [-0.25, -0.2) is 9.79 Å². The molecule has 0 N–H and O–H groups in total. The molecule has 0 aliphatic carbocycles. The molecule has 3 aromatic rings. The number of fused-ring (bicyclic) bond motifs is 1. The lowest BCUT2D eigenvalue weighted by atomic mass is 9.95. The van der Waals surface area contributed by atoms with E-state index >= 15 is 0 Å². The Bertz CT molecular complexity index is 1630. The fourth-order valence-electron chi connectivity index (χ4n) is 4.19. The zero-order valence-electron chi connectivity index (χ0n) is 22.6. The van der Waals surface area contributed by atoms with Crippen LogP contribution in [0.5, 0.6) is 17.2 Å². The second-order valence-corrected chi connectivity index (χ2v) is 10.4. The van der Waals surface area contributed by atoms with Crippen LogP contribution in [0.15, 0.2) is 63.5 Å². The smallest absolute Gasteiger partial charge is 0.338 e. The molecule has 1 atom stereocenters. The number of nitrogens with zero attached hydrogens (tertiary/aromatic N) is 2. The van der Waals surface area contributed by atoms with Gasteiger partial charge in [-0.3, -0.25) is 14.2 Å². The highest BCUT2D eigenvalue weighted by molar-refractivity contribution is 7.07. The number of thiazole rings is 1. The third kappa shape index (κ3) is 5.96. The highest BCUT2D eigenvalue weighted by Crippen LogP contribution is 2.36. The molecule has 39 heavy (non-hydrogen) atoms. The summed E-state index contributed by atoms with van der Waals surface area (Å²) >= 11 is 1.23. The molecule has 1 aromatic heterocycles. The SMILES string of the molecule is COc1cccc(/C=c2/sc3n(c2=O)C(c2ccc(OC(C)=O)c(OC)c2)C(C(=O)OCC(C)C)=C(C)N=3)c1. The first-order valence-electron chi connectivity index (χ1n) is 12.3. The Morgan fingerprint density at radius 3 is 2.54 bits per heavy atom. The van der Waals surface area contributed by atoms with Gasteiger partial charge in [0.05, 0.1) is 42.7 Å². The van der Waals surface area contributed by atoms with Crippen molar-refractivity contribution in [1.29, 1.82) is 0 Å². The Morgan fingerprint density at radius 1 is 1.10 bits per heavy atom. The van der Waals surface area contributed by atoms with E-state index in [-0.39, 0.29) is 35.2 Å². The minimum Gasteiger partial charge on any atom is -0.497 e. The lowest BCUT2D eigenvalue weighted by molar-refractivity contribution is -0.140. The van der Waals surface area contributed by atoms with Gasteiger partial charge >= 0.3 is 11.9 Å². The molecule has 9 nitrogen and oxygen atoms in total. The Kier molecular flexibility index (Phi) is 8.35. The number of rotatable bonds is 8. The molecular formula is C29H30N2O7S. The number of hydrogen-bond donors (Lipinski definition) is 0. The quantitative estimate of drug-likeness (QED) is 0.313. The largest absolute Gasteiger partial charge is 0.497 e. The highest BCUT2D eigenvalue weighted by atomic mass is 32.1. The van der Waals surface area contributed by atoms with Crippen LogP contribution in [0.2, 0.25) is 0 Å². The van der Waals surface area contributed by atoms with Crippen molar-refractivity contribution in [2.75, 3.05) is 20.8 Å². The van der Waals surface area contributed by atoms with Crippen molar-refractivity contribution in [1.82, 2.24) is 4.57 Å². The molecule has 10 heteroatoms. The van der Waals surface area contributed by atoms with Gasteiger partial charge in [-0.15, -0.1) is 0 Å². The molecule has 4 rings (SSSR count). The number of esters is 2. The van der Waals surface area contributed by atoms with Crippen molar-refractivity contribution in [2.45, 2.75) is 33.7 Å². The highest BCUT2D eigenvalue weighted by Gasteiger charge is 2.34. The van der Waals surface area contributed by atoms with Gasteiger partial charge in [-0.1, -0.05) is 43.4 Å². The van der Waals surface area contributed by atoms with Crippen LogP contribution in [0.1, 0.15) is 44.9 Å². The van der Waals surface area contributed by atoms with E-state index in [0.717, 1.165) is 5.56 Å². The summed E-state index contributed by atoms with van der Waals surface area (Å²) in [7, 11) is 3.03. The van der Waals surface area contributed by atoms with Crippen molar-refractivity contribution in [3.05, 3.63) is 84.5 Å². The number of methoxy groups -OCH3 is 2. The summed E-state index contributed by atoms with van der Waals surface area (Å²) in [6.45, 7) is 7.12. The van der Waals surface area contributed by atoms with E-state index in [9.17, 15) is 14.4 Å². The van der Waals surface area contributed by atoms with Gasteiger partial charge in [-0.2, -0.15) is 0 Å². The van der Waals surface area contributed by atoms with Crippen LogP contribution >= 0.6 is 11.3 Å². The molecular weight excluding hydrogens is 520 g/mol. The summed E-state index contributed by atoms with van der Waals surface area (Å²) in [4.78, 5) is 43.9. The summed E-state index contributed by atoms with van der Waals surface area (Å²) in [5, 5.41) is 0. The first-order valence-corrected chi connectivity index (χ1v) is 13.1.